The van der Waals surface area contributed by atoms with Crippen LogP contribution >= 0.6 is 22.9 Å². The minimum absolute atomic E-state index is 0.880. The molecule has 1 aromatic heterocycles. The molecule has 0 fully saturated rings. The first-order valence-electron chi connectivity index (χ1n) is 6.25. The van der Waals surface area contributed by atoms with Gasteiger partial charge in [-0.3, -0.25) is 4.90 Å². The Hall–Kier alpha value is -0.830. The molecule has 0 radical (unpaired) electrons. The largest absolute Gasteiger partial charge is 0.294 e. The van der Waals surface area contributed by atoms with Crippen LogP contribution in [0.15, 0.2) is 29.6 Å². The van der Waals surface area contributed by atoms with Crippen molar-refractivity contribution in [2.24, 2.45) is 0 Å². The van der Waals surface area contributed by atoms with Gasteiger partial charge in [-0.2, -0.15) is 0 Å². The molecule has 18 heavy (non-hydrogen) atoms. The fourth-order valence-electron chi connectivity index (χ4n) is 2.51. The Kier molecular flexibility index (Phi) is 3.42. The zero-order valence-electron chi connectivity index (χ0n) is 10.4. The van der Waals surface area contributed by atoms with E-state index in [2.05, 4.69) is 29.3 Å². The Morgan fingerprint density at radius 2 is 2.17 bits per heavy atom. The molecule has 0 spiro atoms. The number of nitrogens with zero attached hydrogens (tertiary/aromatic N) is 1. The molecular weight excluding hydrogens is 262 g/mol. The van der Waals surface area contributed by atoms with Crippen molar-refractivity contribution in [1.29, 1.82) is 0 Å². The summed E-state index contributed by atoms with van der Waals surface area (Å²) < 4.78 is 0. The van der Waals surface area contributed by atoms with Crippen LogP contribution in [0, 0.1) is 6.92 Å². The quantitative estimate of drug-likeness (QED) is 0.792. The second-order valence-corrected chi connectivity index (χ2v) is 6.24. The van der Waals surface area contributed by atoms with Gasteiger partial charge in [0.2, 0.25) is 0 Å². The van der Waals surface area contributed by atoms with Crippen LogP contribution < -0.4 is 0 Å². The van der Waals surface area contributed by atoms with E-state index in [1.165, 1.54) is 17.5 Å². The lowest BCUT2D eigenvalue weighted by molar-refractivity contribution is 0.247. The summed E-state index contributed by atoms with van der Waals surface area (Å²) in [6, 6.07) is 8.15. The predicted molar refractivity (Wildman–Crippen MR) is 78.3 cm³/mol. The molecule has 0 aliphatic carbocycles. The summed E-state index contributed by atoms with van der Waals surface area (Å²) in [4.78, 5) is 4.06. The fourth-order valence-corrected chi connectivity index (χ4v) is 3.74. The van der Waals surface area contributed by atoms with Gasteiger partial charge >= 0.3 is 0 Å². The summed E-state index contributed by atoms with van der Waals surface area (Å²) in [6.07, 6.45) is 1.18. The summed E-state index contributed by atoms with van der Waals surface area (Å²) in [7, 11) is 0. The second-order valence-electron chi connectivity index (χ2n) is 4.87. The first kappa shape index (κ1) is 12.2. The van der Waals surface area contributed by atoms with E-state index in [-0.39, 0.29) is 0 Å². The minimum atomic E-state index is 0.880. The lowest BCUT2D eigenvalue weighted by Crippen LogP contribution is -2.29. The normalized spacial score (nSPS) is 15.7. The van der Waals surface area contributed by atoms with E-state index in [1.54, 1.807) is 10.4 Å². The molecule has 3 rings (SSSR count). The molecule has 1 aliphatic rings. The molecule has 0 unspecified atom stereocenters. The van der Waals surface area contributed by atoms with Gasteiger partial charge in [0.05, 0.1) is 0 Å². The minimum Gasteiger partial charge on any atom is -0.294 e. The van der Waals surface area contributed by atoms with E-state index in [4.69, 9.17) is 11.6 Å². The Labute approximate surface area is 117 Å². The molecule has 1 aliphatic heterocycles. The summed E-state index contributed by atoms with van der Waals surface area (Å²) >= 11 is 8.14. The highest BCUT2D eigenvalue weighted by Crippen LogP contribution is 2.29. The molecule has 1 nitrogen and oxygen atoms in total. The number of thiophene rings is 1. The SMILES string of the molecule is Cc1csc2c1CN(Cc1ccccc1Cl)CC2. The van der Waals surface area contributed by atoms with Crippen molar-refractivity contribution < 1.29 is 0 Å². The highest BCUT2D eigenvalue weighted by molar-refractivity contribution is 7.10. The standard InChI is InChI=1S/C15H16ClNS/c1-11-10-18-15-6-7-17(9-13(11)15)8-12-4-2-3-5-14(12)16/h2-5,10H,6-9H2,1H3. The fraction of sp³-hybridized carbons (Fsp3) is 0.333. The van der Waals surface area contributed by atoms with E-state index in [0.717, 1.165) is 24.7 Å². The van der Waals surface area contributed by atoms with Crippen molar-refractivity contribution in [2.75, 3.05) is 6.54 Å². The van der Waals surface area contributed by atoms with Crippen molar-refractivity contribution in [3.05, 3.63) is 56.2 Å². The van der Waals surface area contributed by atoms with Gasteiger partial charge in [0.15, 0.2) is 0 Å². The first-order valence-corrected chi connectivity index (χ1v) is 7.51. The third-order valence-corrected chi connectivity index (χ3v) is 5.15. The van der Waals surface area contributed by atoms with E-state index in [0.29, 0.717) is 0 Å². The van der Waals surface area contributed by atoms with Crippen molar-refractivity contribution in [3.63, 3.8) is 0 Å². The molecule has 0 saturated carbocycles. The summed E-state index contributed by atoms with van der Waals surface area (Å²) in [5.41, 5.74) is 4.22. The van der Waals surface area contributed by atoms with Gasteiger partial charge in [-0.25, -0.2) is 0 Å². The monoisotopic (exact) mass is 277 g/mol. The zero-order valence-corrected chi connectivity index (χ0v) is 12.0. The smallest absolute Gasteiger partial charge is 0.0451 e. The van der Waals surface area contributed by atoms with Crippen LogP contribution in [0.2, 0.25) is 5.02 Å². The topological polar surface area (TPSA) is 3.24 Å². The van der Waals surface area contributed by atoms with Crippen LogP contribution in [0.5, 0.6) is 0 Å². The van der Waals surface area contributed by atoms with Crippen molar-refractivity contribution in [1.82, 2.24) is 4.90 Å². The summed E-state index contributed by atoms with van der Waals surface area (Å²) in [6.45, 7) is 5.37. The van der Waals surface area contributed by atoms with Crippen molar-refractivity contribution >= 4 is 22.9 Å². The van der Waals surface area contributed by atoms with E-state index < -0.39 is 0 Å². The first-order chi connectivity index (χ1) is 8.74. The summed E-state index contributed by atoms with van der Waals surface area (Å²) in [5.74, 6) is 0. The third kappa shape index (κ3) is 2.33. The molecule has 0 amide bonds. The molecule has 2 aromatic rings. The second kappa shape index (κ2) is 5.04. The van der Waals surface area contributed by atoms with Crippen LogP contribution in [-0.2, 0) is 19.5 Å². The van der Waals surface area contributed by atoms with Gasteiger partial charge in [-0.15, -0.1) is 11.3 Å². The Bertz CT molecular complexity index is 561. The zero-order chi connectivity index (χ0) is 12.5. The number of rotatable bonds is 2. The van der Waals surface area contributed by atoms with Gasteiger partial charge in [-0.05, 0) is 41.5 Å². The average molecular weight is 278 g/mol. The lowest BCUT2D eigenvalue weighted by Gasteiger charge is -2.27. The number of halogens is 1. The molecule has 1 aromatic carbocycles. The number of benzene rings is 1. The van der Waals surface area contributed by atoms with Gasteiger partial charge in [0.25, 0.3) is 0 Å². The summed E-state index contributed by atoms with van der Waals surface area (Å²) in [5, 5.41) is 3.16. The van der Waals surface area contributed by atoms with Crippen LogP contribution in [0.25, 0.3) is 0 Å². The van der Waals surface area contributed by atoms with Crippen molar-refractivity contribution in [3.8, 4) is 0 Å². The van der Waals surface area contributed by atoms with Gasteiger partial charge in [0, 0.05) is 29.5 Å². The molecule has 0 N–H and O–H groups in total. The third-order valence-electron chi connectivity index (χ3n) is 3.58. The van der Waals surface area contributed by atoms with Gasteiger partial charge in [-0.1, -0.05) is 29.8 Å². The van der Waals surface area contributed by atoms with Crippen LogP contribution in [0.3, 0.4) is 0 Å². The maximum atomic E-state index is 6.23. The molecule has 2 heterocycles. The Morgan fingerprint density at radius 3 is 3.00 bits per heavy atom. The molecule has 0 atom stereocenters. The van der Waals surface area contributed by atoms with E-state index >= 15 is 0 Å². The molecular formula is C15H16ClNS. The Morgan fingerprint density at radius 1 is 1.33 bits per heavy atom. The highest BCUT2D eigenvalue weighted by atomic mass is 35.5. The van der Waals surface area contributed by atoms with Gasteiger partial charge < -0.3 is 0 Å². The predicted octanol–water partition coefficient (Wildman–Crippen LogP) is 4.27. The number of fused-ring (bicyclic) bond motifs is 1. The van der Waals surface area contributed by atoms with Gasteiger partial charge in [0.1, 0.15) is 0 Å². The van der Waals surface area contributed by atoms with Crippen LogP contribution in [0.1, 0.15) is 21.6 Å². The molecule has 94 valence electrons. The number of hydrogen-bond acceptors (Lipinski definition) is 2. The average Bonchev–Trinajstić information content (AvgIpc) is 2.74. The maximum absolute atomic E-state index is 6.23. The maximum Gasteiger partial charge on any atom is 0.0451 e. The lowest BCUT2D eigenvalue weighted by atomic mass is 10.0. The molecule has 3 heteroatoms. The van der Waals surface area contributed by atoms with E-state index in [9.17, 15) is 0 Å². The molecule has 0 bridgehead atoms. The Balaban J connectivity index is 1.77. The van der Waals surface area contributed by atoms with Crippen molar-refractivity contribution in [2.45, 2.75) is 26.4 Å². The van der Waals surface area contributed by atoms with Crippen LogP contribution in [0.4, 0.5) is 0 Å². The van der Waals surface area contributed by atoms with E-state index in [1.807, 2.05) is 23.5 Å². The molecule has 0 saturated heterocycles. The number of aryl methyl sites for hydroxylation is 1. The number of hydrogen-bond donors (Lipinski definition) is 0. The van der Waals surface area contributed by atoms with Crippen LogP contribution in [-0.4, -0.2) is 11.4 Å². The highest BCUT2D eigenvalue weighted by Gasteiger charge is 2.19.